The Bertz CT molecular complexity index is 509. The van der Waals surface area contributed by atoms with Crippen molar-refractivity contribution in [2.75, 3.05) is 11.1 Å². The molecule has 0 aliphatic carbocycles. The van der Waals surface area contributed by atoms with Crippen LogP contribution in [0.3, 0.4) is 0 Å². The molecule has 0 aliphatic heterocycles. The molecular formula is C8H7N5OS3. The van der Waals surface area contributed by atoms with Crippen molar-refractivity contribution in [2.24, 2.45) is 0 Å². The van der Waals surface area contributed by atoms with Crippen LogP contribution in [-0.4, -0.2) is 31.4 Å². The third-order valence-electron chi connectivity index (χ3n) is 1.54. The molecule has 2 aromatic rings. The molecule has 1 N–H and O–H groups in total. The molecule has 0 aromatic carbocycles. The molecule has 0 atom stereocenters. The van der Waals surface area contributed by atoms with Gasteiger partial charge in [0.2, 0.25) is 5.13 Å². The number of nitrogens with one attached hydrogen (secondary N) is 1. The van der Waals surface area contributed by atoms with E-state index in [0.29, 0.717) is 5.13 Å². The Hall–Kier alpha value is -1.32. The van der Waals surface area contributed by atoms with Crippen LogP contribution in [-0.2, 0) is 0 Å². The van der Waals surface area contributed by atoms with Gasteiger partial charge in [-0.15, -0.1) is 21.9 Å². The zero-order chi connectivity index (χ0) is 12.1. The molecule has 0 spiro atoms. The van der Waals surface area contributed by atoms with Gasteiger partial charge in [-0.25, -0.2) is 0 Å². The van der Waals surface area contributed by atoms with Gasteiger partial charge in [-0.2, -0.15) is 0 Å². The summed E-state index contributed by atoms with van der Waals surface area (Å²) in [6.07, 6.45) is 1.78. The van der Waals surface area contributed by atoms with Crippen LogP contribution in [0.1, 0.15) is 10.5 Å². The maximum atomic E-state index is 11.6. The second-order valence-electron chi connectivity index (χ2n) is 2.72. The standard InChI is InChI=1S/C8H7N5OS3/c1-2-3-15-8-12-11-7(17-8)9-6(14)5-4-16-13-10-5/h2,4H,1,3H2,(H,9,11,14). The molecule has 2 aromatic heterocycles. The number of hydrogen-bond donors (Lipinski definition) is 1. The first-order chi connectivity index (χ1) is 8.29. The lowest BCUT2D eigenvalue weighted by atomic mass is 10.5. The van der Waals surface area contributed by atoms with Gasteiger partial charge in [0.1, 0.15) is 0 Å². The summed E-state index contributed by atoms with van der Waals surface area (Å²) in [7, 11) is 0. The van der Waals surface area contributed by atoms with E-state index in [9.17, 15) is 4.79 Å². The molecule has 6 nitrogen and oxygen atoms in total. The molecule has 0 unspecified atom stereocenters. The van der Waals surface area contributed by atoms with Crippen molar-refractivity contribution in [3.8, 4) is 0 Å². The molecule has 0 fully saturated rings. The number of anilines is 1. The van der Waals surface area contributed by atoms with E-state index in [1.165, 1.54) is 23.1 Å². The zero-order valence-electron chi connectivity index (χ0n) is 8.49. The quantitative estimate of drug-likeness (QED) is 0.513. The van der Waals surface area contributed by atoms with Crippen molar-refractivity contribution in [3.63, 3.8) is 0 Å². The molecule has 9 heteroatoms. The molecule has 0 bridgehead atoms. The van der Waals surface area contributed by atoms with Gasteiger partial charge >= 0.3 is 0 Å². The zero-order valence-corrected chi connectivity index (χ0v) is 10.9. The number of thioether (sulfide) groups is 1. The predicted octanol–water partition coefficient (Wildman–Crippen LogP) is 1.92. The highest BCUT2D eigenvalue weighted by Gasteiger charge is 2.12. The monoisotopic (exact) mass is 285 g/mol. The van der Waals surface area contributed by atoms with Crippen LogP contribution >= 0.6 is 34.6 Å². The van der Waals surface area contributed by atoms with Crippen LogP contribution in [0, 0.1) is 0 Å². The molecule has 0 saturated carbocycles. The molecule has 1 amide bonds. The van der Waals surface area contributed by atoms with Gasteiger partial charge in [0.05, 0.1) is 0 Å². The Morgan fingerprint density at radius 2 is 2.41 bits per heavy atom. The van der Waals surface area contributed by atoms with Crippen molar-refractivity contribution in [3.05, 3.63) is 23.7 Å². The number of amides is 1. The fourth-order valence-electron chi connectivity index (χ4n) is 0.874. The third kappa shape index (κ3) is 3.32. The Morgan fingerprint density at radius 3 is 3.12 bits per heavy atom. The normalized spacial score (nSPS) is 10.1. The fraction of sp³-hybridized carbons (Fsp3) is 0.125. The van der Waals surface area contributed by atoms with Crippen LogP contribution in [0.4, 0.5) is 5.13 Å². The number of carbonyl (C=O) groups excluding carboxylic acids is 1. The first-order valence-electron chi connectivity index (χ1n) is 4.45. The lowest BCUT2D eigenvalue weighted by Gasteiger charge is -1.94. The van der Waals surface area contributed by atoms with Gasteiger partial charge < -0.3 is 0 Å². The minimum absolute atomic E-state index is 0.283. The summed E-state index contributed by atoms with van der Waals surface area (Å²) >= 11 is 3.96. The highest BCUT2D eigenvalue weighted by Crippen LogP contribution is 2.25. The van der Waals surface area contributed by atoms with Gasteiger partial charge in [0.25, 0.3) is 5.91 Å². The van der Waals surface area contributed by atoms with E-state index in [1.54, 1.807) is 11.5 Å². The Kier molecular flexibility index (Phi) is 4.18. The molecule has 0 aliphatic rings. The Morgan fingerprint density at radius 1 is 1.53 bits per heavy atom. The van der Waals surface area contributed by atoms with Crippen molar-refractivity contribution in [2.45, 2.75) is 4.34 Å². The number of carbonyl (C=O) groups is 1. The maximum Gasteiger partial charge on any atom is 0.278 e. The second-order valence-corrected chi connectivity index (χ2v) is 5.57. The van der Waals surface area contributed by atoms with Gasteiger partial charge in [0, 0.05) is 11.1 Å². The first kappa shape index (κ1) is 12.1. The summed E-state index contributed by atoms with van der Waals surface area (Å²) in [6, 6.07) is 0. The summed E-state index contributed by atoms with van der Waals surface area (Å²) < 4.78 is 4.40. The number of aromatic nitrogens is 4. The van der Waals surface area contributed by atoms with E-state index in [1.807, 2.05) is 0 Å². The first-order valence-corrected chi connectivity index (χ1v) is 7.09. The third-order valence-corrected chi connectivity index (χ3v) is 4.02. The van der Waals surface area contributed by atoms with Gasteiger partial charge in [-0.3, -0.25) is 10.1 Å². The number of nitrogens with zero attached hydrogens (tertiary/aromatic N) is 4. The van der Waals surface area contributed by atoms with Crippen molar-refractivity contribution in [1.82, 2.24) is 19.8 Å². The number of hydrogen-bond acceptors (Lipinski definition) is 8. The van der Waals surface area contributed by atoms with Gasteiger partial charge in [-0.05, 0) is 11.5 Å². The maximum absolute atomic E-state index is 11.6. The lowest BCUT2D eigenvalue weighted by molar-refractivity contribution is 0.102. The fourth-order valence-corrected chi connectivity index (χ4v) is 2.82. The molecule has 88 valence electrons. The topological polar surface area (TPSA) is 80.7 Å². The molecule has 17 heavy (non-hydrogen) atoms. The van der Waals surface area contributed by atoms with E-state index in [-0.39, 0.29) is 11.6 Å². The SMILES string of the molecule is C=CCSc1nnc(NC(=O)c2csnn2)s1. The molecule has 2 rings (SSSR count). The van der Waals surface area contributed by atoms with E-state index in [4.69, 9.17) is 0 Å². The van der Waals surface area contributed by atoms with Gasteiger partial charge in [0.15, 0.2) is 10.0 Å². The van der Waals surface area contributed by atoms with Crippen LogP contribution < -0.4 is 5.32 Å². The van der Waals surface area contributed by atoms with E-state index in [2.05, 4.69) is 31.7 Å². The Labute approximate surface area is 109 Å². The number of rotatable bonds is 5. The smallest absolute Gasteiger partial charge is 0.278 e. The van der Waals surface area contributed by atoms with E-state index in [0.717, 1.165) is 21.6 Å². The van der Waals surface area contributed by atoms with Crippen LogP contribution in [0.25, 0.3) is 0 Å². The lowest BCUT2D eigenvalue weighted by Crippen LogP contribution is -2.12. The highest BCUT2D eigenvalue weighted by molar-refractivity contribution is 8.01. The summed E-state index contributed by atoms with van der Waals surface area (Å²) in [6.45, 7) is 3.62. The van der Waals surface area contributed by atoms with E-state index >= 15 is 0 Å². The van der Waals surface area contributed by atoms with Crippen molar-refractivity contribution < 1.29 is 4.79 Å². The minimum Gasteiger partial charge on any atom is -0.295 e. The van der Waals surface area contributed by atoms with E-state index < -0.39 is 0 Å². The summed E-state index contributed by atoms with van der Waals surface area (Å²) in [5.41, 5.74) is 0.283. The Balaban J connectivity index is 1.97. The molecular weight excluding hydrogens is 278 g/mol. The predicted molar refractivity (Wildman–Crippen MR) is 68.7 cm³/mol. The summed E-state index contributed by atoms with van der Waals surface area (Å²) in [4.78, 5) is 11.6. The molecule has 2 heterocycles. The van der Waals surface area contributed by atoms with Crippen molar-refractivity contribution >= 4 is 45.7 Å². The van der Waals surface area contributed by atoms with Gasteiger partial charge in [-0.1, -0.05) is 33.7 Å². The molecule has 0 radical (unpaired) electrons. The van der Waals surface area contributed by atoms with Crippen molar-refractivity contribution in [1.29, 1.82) is 0 Å². The largest absolute Gasteiger partial charge is 0.295 e. The highest BCUT2D eigenvalue weighted by atomic mass is 32.2. The van der Waals surface area contributed by atoms with Crippen LogP contribution in [0.15, 0.2) is 22.4 Å². The molecule has 0 saturated heterocycles. The van der Waals surface area contributed by atoms with Crippen LogP contribution in [0.5, 0.6) is 0 Å². The second kappa shape index (κ2) is 5.84. The summed E-state index contributed by atoms with van der Waals surface area (Å²) in [5.74, 6) is 0.439. The average Bonchev–Trinajstić information content (AvgIpc) is 2.97. The van der Waals surface area contributed by atoms with Crippen LogP contribution in [0.2, 0.25) is 0 Å². The average molecular weight is 285 g/mol. The summed E-state index contributed by atoms with van der Waals surface area (Å²) in [5, 5.41) is 16.1. The minimum atomic E-state index is -0.324.